The zero-order chi connectivity index (χ0) is 34.5. The van der Waals surface area contributed by atoms with E-state index >= 15 is 0 Å². The lowest BCUT2D eigenvalue weighted by atomic mass is 9.60. The summed E-state index contributed by atoms with van der Waals surface area (Å²) in [5.74, 6) is 0. The van der Waals surface area contributed by atoms with E-state index in [-0.39, 0.29) is 0 Å². The van der Waals surface area contributed by atoms with Gasteiger partial charge in [-0.1, -0.05) is 152 Å². The zero-order valence-corrected chi connectivity index (χ0v) is 29.5. The predicted molar refractivity (Wildman–Crippen MR) is 217 cm³/mol. The number of aryl methyl sites for hydroxylation is 1. The van der Waals surface area contributed by atoms with Crippen LogP contribution in [0.3, 0.4) is 0 Å². The molecule has 0 bridgehead atoms. The second-order valence-corrected chi connectivity index (χ2v) is 14.3. The Kier molecular flexibility index (Phi) is 7.70. The van der Waals surface area contributed by atoms with Crippen LogP contribution in [0.15, 0.2) is 176 Å². The molecule has 0 nitrogen and oxygen atoms in total. The SMILES string of the molecule is C=C/C=C(\C=C/C)C(C1=CCCC=C1)(c1ccccc1C)c1cccc2c1Cc1ccc(-c3ccc4c(c3)-c3c(ccc5ccccc35)C4)cc1-2. The smallest absolute Gasteiger partial charge is 0.0703 e. The van der Waals surface area contributed by atoms with Crippen molar-refractivity contribution in [2.75, 3.05) is 0 Å². The summed E-state index contributed by atoms with van der Waals surface area (Å²) < 4.78 is 0. The highest BCUT2D eigenvalue weighted by molar-refractivity contribution is 6.02. The summed E-state index contributed by atoms with van der Waals surface area (Å²) in [6.07, 6.45) is 19.9. The Hall–Kier alpha value is -5.72. The maximum Gasteiger partial charge on any atom is 0.0703 e. The van der Waals surface area contributed by atoms with Crippen LogP contribution in [0.25, 0.3) is 44.2 Å². The van der Waals surface area contributed by atoms with Crippen molar-refractivity contribution in [3.63, 3.8) is 0 Å². The highest BCUT2D eigenvalue weighted by Crippen LogP contribution is 2.53. The van der Waals surface area contributed by atoms with E-state index in [4.69, 9.17) is 0 Å². The van der Waals surface area contributed by atoms with Gasteiger partial charge >= 0.3 is 0 Å². The Morgan fingerprint density at radius 2 is 1.43 bits per heavy atom. The summed E-state index contributed by atoms with van der Waals surface area (Å²) in [7, 11) is 0. The molecule has 3 aliphatic rings. The lowest BCUT2D eigenvalue weighted by Gasteiger charge is -2.41. The standard InChI is InChI=1S/C51H42/c1-4-14-41(15-5-2)51(42-18-7-6-8-19-42,48-22-12-9-16-34(48)3)49-23-13-21-44-45-31-36(26-28-39(45)33-47(44)49)37-25-27-38-30-40-29-24-35-17-10-11-20-43(35)50(40)46(38)32-37/h4-5,7,9-29,31-32H,1,6,8,30,33H2,2-3H3/b15-5-,41-14+. The average Bonchev–Trinajstić information content (AvgIpc) is 3.75. The highest BCUT2D eigenvalue weighted by atomic mass is 14.4. The van der Waals surface area contributed by atoms with Crippen molar-refractivity contribution < 1.29 is 0 Å². The molecule has 0 aromatic heterocycles. The molecule has 51 heavy (non-hydrogen) atoms. The maximum atomic E-state index is 4.20. The number of hydrogen-bond acceptors (Lipinski definition) is 0. The molecule has 9 rings (SSSR count). The van der Waals surface area contributed by atoms with Crippen molar-refractivity contribution in [1.29, 1.82) is 0 Å². The Bertz CT molecular complexity index is 2510. The first-order chi connectivity index (χ1) is 25.1. The maximum absolute atomic E-state index is 4.20. The fourth-order valence-corrected chi connectivity index (χ4v) is 9.29. The third kappa shape index (κ3) is 4.89. The largest absolute Gasteiger partial charge is 0.0991 e. The summed E-state index contributed by atoms with van der Waals surface area (Å²) >= 11 is 0. The molecule has 6 aromatic carbocycles. The summed E-state index contributed by atoms with van der Waals surface area (Å²) in [6, 6.07) is 43.7. The predicted octanol–water partition coefficient (Wildman–Crippen LogP) is 13.2. The molecular formula is C51H42. The van der Waals surface area contributed by atoms with Gasteiger partial charge in [-0.2, -0.15) is 0 Å². The van der Waals surface area contributed by atoms with Gasteiger partial charge in [-0.3, -0.25) is 0 Å². The Morgan fingerprint density at radius 1 is 0.686 bits per heavy atom. The third-order valence-electron chi connectivity index (χ3n) is 11.5. The minimum absolute atomic E-state index is 0.491. The van der Waals surface area contributed by atoms with E-state index in [2.05, 4.69) is 172 Å². The van der Waals surface area contributed by atoms with Crippen LogP contribution in [-0.2, 0) is 18.3 Å². The van der Waals surface area contributed by atoms with Gasteiger partial charge in [0, 0.05) is 0 Å². The minimum Gasteiger partial charge on any atom is -0.0991 e. The van der Waals surface area contributed by atoms with Gasteiger partial charge in [0.2, 0.25) is 0 Å². The number of allylic oxidation sites excluding steroid dienone is 9. The third-order valence-corrected chi connectivity index (χ3v) is 11.5. The average molecular weight is 655 g/mol. The molecule has 3 aliphatic carbocycles. The number of hydrogen-bond donors (Lipinski definition) is 0. The van der Waals surface area contributed by atoms with Crippen LogP contribution < -0.4 is 0 Å². The molecule has 246 valence electrons. The molecule has 6 aromatic rings. The summed E-state index contributed by atoms with van der Waals surface area (Å²) in [6.45, 7) is 8.58. The molecule has 0 fully saturated rings. The topological polar surface area (TPSA) is 0 Å². The fraction of sp³-hybridized carbons (Fsp3) is 0.137. The molecule has 0 saturated carbocycles. The first-order valence-electron chi connectivity index (χ1n) is 18.4. The van der Waals surface area contributed by atoms with Crippen molar-refractivity contribution in [3.8, 4) is 33.4 Å². The van der Waals surface area contributed by atoms with Gasteiger partial charge in [0.05, 0.1) is 5.41 Å². The first kappa shape index (κ1) is 31.3. The van der Waals surface area contributed by atoms with E-state index in [9.17, 15) is 0 Å². The number of benzene rings is 6. The van der Waals surface area contributed by atoms with Crippen LogP contribution >= 0.6 is 0 Å². The molecule has 1 unspecified atom stereocenters. The van der Waals surface area contributed by atoms with E-state index in [1.54, 1.807) is 0 Å². The van der Waals surface area contributed by atoms with Gasteiger partial charge < -0.3 is 0 Å². The molecule has 0 radical (unpaired) electrons. The van der Waals surface area contributed by atoms with E-state index < -0.39 is 5.41 Å². The van der Waals surface area contributed by atoms with Gasteiger partial charge in [-0.05, 0) is 146 Å². The molecule has 0 amide bonds. The second kappa shape index (κ2) is 12.6. The summed E-state index contributed by atoms with van der Waals surface area (Å²) in [5, 5.41) is 2.66. The van der Waals surface area contributed by atoms with Gasteiger partial charge in [-0.15, -0.1) is 0 Å². The van der Waals surface area contributed by atoms with Crippen LogP contribution in [0.5, 0.6) is 0 Å². The number of rotatable bonds is 7. The molecule has 0 heterocycles. The Balaban J connectivity index is 1.23. The lowest BCUT2D eigenvalue weighted by molar-refractivity contribution is 0.715. The minimum atomic E-state index is -0.491. The van der Waals surface area contributed by atoms with Gasteiger partial charge in [-0.25, -0.2) is 0 Å². The van der Waals surface area contributed by atoms with Crippen molar-refractivity contribution in [1.82, 2.24) is 0 Å². The Morgan fingerprint density at radius 3 is 2.22 bits per heavy atom. The zero-order valence-electron chi connectivity index (χ0n) is 29.5. The Labute approximate surface area is 302 Å². The molecule has 0 spiro atoms. The molecule has 1 atom stereocenters. The fourth-order valence-electron chi connectivity index (χ4n) is 9.29. The van der Waals surface area contributed by atoms with E-state index in [0.29, 0.717) is 0 Å². The molecular weight excluding hydrogens is 613 g/mol. The van der Waals surface area contributed by atoms with Crippen molar-refractivity contribution in [2.24, 2.45) is 0 Å². The van der Waals surface area contributed by atoms with Crippen molar-refractivity contribution >= 4 is 10.8 Å². The van der Waals surface area contributed by atoms with E-state index in [1.807, 2.05) is 6.08 Å². The normalized spacial score (nSPS) is 15.6. The summed E-state index contributed by atoms with van der Waals surface area (Å²) in [4.78, 5) is 0. The van der Waals surface area contributed by atoms with Crippen molar-refractivity contribution in [2.45, 2.75) is 44.9 Å². The van der Waals surface area contributed by atoms with Crippen molar-refractivity contribution in [3.05, 3.63) is 214 Å². The molecule has 0 aliphatic heterocycles. The van der Waals surface area contributed by atoms with Crippen LogP contribution in [0.2, 0.25) is 0 Å². The van der Waals surface area contributed by atoms with E-state index in [1.165, 1.54) is 94.2 Å². The van der Waals surface area contributed by atoms with Gasteiger partial charge in [0.1, 0.15) is 0 Å². The lowest BCUT2D eigenvalue weighted by Crippen LogP contribution is -2.34. The highest BCUT2D eigenvalue weighted by Gasteiger charge is 2.43. The van der Waals surface area contributed by atoms with Crippen LogP contribution in [0, 0.1) is 6.92 Å². The molecule has 0 heteroatoms. The van der Waals surface area contributed by atoms with Crippen LogP contribution in [0.4, 0.5) is 0 Å². The quantitative estimate of drug-likeness (QED) is 0.150. The van der Waals surface area contributed by atoms with Crippen LogP contribution in [-0.4, -0.2) is 0 Å². The number of fused-ring (bicyclic) bond motifs is 8. The van der Waals surface area contributed by atoms with Gasteiger partial charge in [0.15, 0.2) is 0 Å². The monoisotopic (exact) mass is 654 g/mol. The summed E-state index contributed by atoms with van der Waals surface area (Å²) in [5.41, 5.74) is 19.8. The molecule has 0 saturated heterocycles. The molecule has 0 N–H and O–H groups in total. The van der Waals surface area contributed by atoms with Gasteiger partial charge in [0.25, 0.3) is 0 Å². The first-order valence-corrected chi connectivity index (χ1v) is 18.4. The second-order valence-electron chi connectivity index (χ2n) is 14.3. The van der Waals surface area contributed by atoms with Crippen LogP contribution in [0.1, 0.15) is 58.7 Å². The van der Waals surface area contributed by atoms with E-state index in [0.717, 1.165) is 25.7 Å².